The van der Waals surface area contributed by atoms with Gasteiger partial charge in [-0.2, -0.15) is 0 Å². The molecule has 0 unspecified atom stereocenters. The van der Waals surface area contributed by atoms with Crippen molar-refractivity contribution in [1.82, 2.24) is 0 Å². The van der Waals surface area contributed by atoms with Gasteiger partial charge in [-0.15, -0.1) is 0 Å². The first-order valence-electron chi connectivity index (χ1n) is 8.40. The maximum absolute atomic E-state index is 12.0. The molecule has 0 fully saturated rings. The van der Waals surface area contributed by atoms with E-state index in [1.54, 1.807) is 26.8 Å². The van der Waals surface area contributed by atoms with Gasteiger partial charge in [-0.05, 0) is 31.1 Å². The smallest absolute Gasteiger partial charge is 0.339 e. The van der Waals surface area contributed by atoms with Crippen molar-refractivity contribution in [3.63, 3.8) is 0 Å². The van der Waals surface area contributed by atoms with Crippen LogP contribution in [0, 0.1) is 17.3 Å². The fourth-order valence-electron chi connectivity index (χ4n) is 3.70. The Morgan fingerprint density at radius 1 is 1.46 bits per heavy atom. The van der Waals surface area contributed by atoms with Crippen molar-refractivity contribution in [3.05, 3.63) is 34.6 Å². The number of hydrogen-bond acceptors (Lipinski definition) is 5. The SMILES string of the molecule is CC1=C2C[C@@]3(C)C(=C[C@H](O)[C@H](OC(=O)C(C)C)[C@@H]3C)C=C2OC1=O. The molecule has 5 nitrogen and oxygen atoms in total. The van der Waals surface area contributed by atoms with Gasteiger partial charge in [0.05, 0.1) is 5.92 Å². The van der Waals surface area contributed by atoms with Gasteiger partial charge in [0.1, 0.15) is 18.0 Å². The van der Waals surface area contributed by atoms with E-state index in [-0.39, 0.29) is 29.2 Å². The Balaban J connectivity index is 1.99. The van der Waals surface area contributed by atoms with Crippen molar-refractivity contribution < 1.29 is 24.2 Å². The summed E-state index contributed by atoms with van der Waals surface area (Å²) in [4.78, 5) is 23.8. The van der Waals surface area contributed by atoms with E-state index in [4.69, 9.17) is 9.47 Å². The molecule has 0 radical (unpaired) electrons. The second-order valence-electron chi connectivity index (χ2n) is 7.55. The third-order valence-electron chi connectivity index (χ3n) is 5.66. The van der Waals surface area contributed by atoms with E-state index in [0.29, 0.717) is 17.8 Å². The van der Waals surface area contributed by atoms with Crippen molar-refractivity contribution >= 4 is 11.9 Å². The Morgan fingerprint density at radius 3 is 2.75 bits per heavy atom. The highest BCUT2D eigenvalue weighted by atomic mass is 16.6. The van der Waals surface area contributed by atoms with Crippen molar-refractivity contribution in [2.24, 2.45) is 17.3 Å². The molecule has 1 N–H and O–H groups in total. The van der Waals surface area contributed by atoms with E-state index in [9.17, 15) is 14.7 Å². The molecule has 0 bridgehead atoms. The van der Waals surface area contributed by atoms with Crippen LogP contribution in [0.25, 0.3) is 0 Å². The van der Waals surface area contributed by atoms with E-state index >= 15 is 0 Å². The van der Waals surface area contributed by atoms with Crippen LogP contribution in [0.5, 0.6) is 0 Å². The lowest BCUT2D eigenvalue weighted by molar-refractivity contribution is -0.165. The molecule has 1 heterocycles. The Hall–Kier alpha value is -1.88. The minimum atomic E-state index is -0.869. The molecule has 0 aromatic heterocycles. The average molecular weight is 332 g/mol. The molecule has 0 amide bonds. The number of rotatable bonds is 2. The Morgan fingerprint density at radius 2 is 2.12 bits per heavy atom. The number of allylic oxidation sites excluding steroid dienone is 3. The van der Waals surface area contributed by atoms with Gasteiger partial charge >= 0.3 is 11.9 Å². The van der Waals surface area contributed by atoms with Gasteiger partial charge in [-0.3, -0.25) is 4.79 Å². The van der Waals surface area contributed by atoms with E-state index in [1.807, 2.05) is 13.0 Å². The van der Waals surface area contributed by atoms with E-state index in [2.05, 4.69) is 6.92 Å². The van der Waals surface area contributed by atoms with Crippen LogP contribution in [0.1, 0.15) is 41.0 Å². The summed E-state index contributed by atoms with van der Waals surface area (Å²) in [5.74, 6) is -0.378. The maximum atomic E-state index is 12.0. The number of hydrogen-bond donors (Lipinski definition) is 1. The molecule has 2 aliphatic carbocycles. The van der Waals surface area contributed by atoms with Crippen LogP contribution in [-0.2, 0) is 19.1 Å². The number of fused-ring (bicyclic) bond motifs is 2. The summed E-state index contributed by atoms with van der Waals surface area (Å²) >= 11 is 0. The molecule has 130 valence electrons. The van der Waals surface area contributed by atoms with Gasteiger partial charge in [0, 0.05) is 22.5 Å². The first-order valence-corrected chi connectivity index (χ1v) is 8.40. The average Bonchev–Trinajstić information content (AvgIpc) is 2.77. The largest absolute Gasteiger partial charge is 0.459 e. The molecule has 0 saturated heterocycles. The fourth-order valence-corrected chi connectivity index (χ4v) is 3.70. The first-order chi connectivity index (χ1) is 11.1. The summed E-state index contributed by atoms with van der Waals surface area (Å²) in [6, 6.07) is 0. The van der Waals surface area contributed by atoms with E-state index in [0.717, 1.165) is 11.1 Å². The molecule has 4 atom stereocenters. The molecular formula is C19H24O5. The summed E-state index contributed by atoms with van der Waals surface area (Å²) in [6.07, 6.45) is 2.73. The number of aliphatic hydroxyl groups excluding tert-OH is 1. The molecule has 3 rings (SSSR count). The normalized spacial score (nSPS) is 35.1. The Bertz CT molecular complexity index is 697. The van der Waals surface area contributed by atoms with Gasteiger partial charge in [0.2, 0.25) is 0 Å². The number of aliphatic hydroxyl groups is 1. The zero-order valence-corrected chi connectivity index (χ0v) is 14.8. The summed E-state index contributed by atoms with van der Waals surface area (Å²) in [5.41, 5.74) is 2.16. The lowest BCUT2D eigenvalue weighted by Crippen LogP contribution is -2.49. The van der Waals surface area contributed by atoms with Crippen LogP contribution < -0.4 is 0 Å². The quantitative estimate of drug-likeness (QED) is 0.787. The zero-order valence-electron chi connectivity index (χ0n) is 14.8. The van der Waals surface area contributed by atoms with Crippen LogP contribution in [0.4, 0.5) is 0 Å². The summed E-state index contributed by atoms with van der Waals surface area (Å²) in [7, 11) is 0. The van der Waals surface area contributed by atoms with Crippen molar-refractivity contribution in [2.75, 3.05) is 0 Å². The van der Waals surface area contributed by atoms with Crippen molar-refractivity contribution in [2.45, 2.75) is 53.2 Å². The summed E-state index contributed by atoms with van der Waals surface area (Å²) in [5, 5.41) is 10.5. The summed E-state index contributed by atoms with van der Waals surface area (Å²) < 4.78 is 10.9. The van der Waals surface area contributed by atoms with Crippen molar-refractivity contribution in [1.29, 1.82) is 0 Å². The van der Waals surface area contributed by atoms with Crippen molar-refractivity contribution in [3.8, 4) is 0 Å². The maximum Gasteiger partial charge on any atom is 0.339 e. The zero-order chi connectivity index (χ0) is 17.8. The number of ether oxygens (including phenoxy) is 2. The van der Waals surface area contributed by atoms with Gasteiger partial charge in [0.25, 0.3) is 0 Å². The van der Waals surface area contributed by atoms with Crippen LogP contribution in [0.3, 0.4) is 0 Å². The number of carbonyl (C=O) groups is 2. The highest BCUT2D eigenvalue weighted by Gasteiger charge is 2.50. The van der Waals surface area contributed by atoms with E-state index < -0.39 is 12.2 Å². The second kappa shape index (κ2) is 5.59. The first kappa shape index (κ1) is 17.0. The lowest BCUT2D eigenvalue weighted by atomic mass is 9.60. The van der Waals surface area contributed by atoms with Gasteiger partial charge < -0.3 is 14.6 Å². The molecule has 3 aliphatic rings. The standard InChI is InChI=1S/C19H24O5/c1-9(2)17(21)24-16-11(4)19(5)8-13-10(3)18(22)23-15(13)7-12(19)6-14(16)20/h6-7,9,11,14,16,20H,8H2,1-5H3/t11-,14-,16+,19+/m0/s1. The predicted molar refractivity (Wildman–Crippen MR) is 87.6 cm³/mol. The van der Waals surface area contributed by atoms with Gasteiger partial charge in [-0.1, -0.05) is 27.7 Å². The summed E-state index contributed by atoms with van der Waals surface area (Å²) in [6.45, 7) is 9.39. The third kappa shape index (κ3) is 2.42. The highest BCUT2D eigenvalue weighted by Crippen LogP contribution is 2.53. The highest BCUT2D eigenvalue weighted by molar-refractivity contribution is 5.94. The molecule has 24 heavy (non-hydrogen) atoms. The van der Waals surface area contributed by atoms with E-state index in [1.165, 1.54) is 0 Å². The minimum Gasteiger partial charge on any atom is -0.459 e. The number of carbonyl (C=O) groups excluding carboxylic acids is 2. The third-order valence-corrected chi connectivity index (χ3v) is 5.66. The molecular weight excluding hydrogens is 308 g/mol. The lowest BCUT2D eigenvalue weighted by Gasteiger charge is -2.47. The van der Waals surface area contributed by atoms with Gasteiger partial charge in [0.15, 0.2) is 0 Å². The fraction of sp³-hybridized carbons (Fsp3) is 0.579. The molecule has 0 saturated carbocycles. The monoisotopic (exact) mass is 332 g/mol. The Labute approximate surface area is 142 Å². The topological polar surface area (TPSA) is 72.8 Å². The molecule has 0 aromatic rings. The molecule has 5 heteroatoms. The predicted octanol–water partition coefficient (Wildman–Crippen LogP) is 2.66. The second-order valence-corrected chi connectivity index (χ2v) is 7.55. The van der Waals surface area contributed by atoms with Crippen LogP contribution >= 0.6 is 0 Å². The molecule has 0 aromatic carbocycles. The Kier molecular flexibility index (Phi) is 3.95. The molecule has 1 aliphatic heterocycles. The molecule has 0 spiro atoms. The van der Waals surface area contributed by atoms with Crippen LogP contribution in [-0.4, -0.2) is 29.3 Å². The van der Waals surface area contributed by atoms with Crippen LogP contribution in [0.2, 0.25) is 0 Å². The minimum absolute atomic E-state index is 0.0935. The van der Waals surface area contributed by atoms with Gasteiger partial charge in [-0.25, -0.2) is 4.79 Å². The number of esters is 2. The van der Waals surface area contributed by atoms with Crippen LogP contribution in [0.15, 0.2) is 34.6 Å².